The van der Waals surface area contributed by atoms with Crippen LogP contribution in [0, 0.1) is 11.6 Å². The van der Waals surface area contributed by atoms with E-state index in [0.29, 0.717) is 6.54 Å². The van der Waals surface area contributed by atoms with Crippen LogP contribution in [0.4, 0.5) is 14.5 Å². The summed E-state index contributed by atoms with van der Waals surface area (Å²) in [6, 6.07) is 7.18. The minimum Gasteiger partial charge on any atom is -0.463 e. The Labute approximate surface area is 108 Å². The maximum Gasteiger partial charge on any atom is 0.149 e. The zero-order valence-electron chi connectivity index (χ0n) is 9.87. The first-order valence-corrected chi connectivity index (χ1v) is 6.84. The molecule has 1 heterocycles. The first kappa shape index (κ1) is 13.0. The second kappa shape index (κ2) is 5.91. The van der Waals surface area contributed by atoms with Gasteiger partial charge in [-0.1, -0.05) is 0 Å². The van der Waals surface area contributed by atoms with Crippen LogP contribution < -0.4 is 5.32 Å². The first-order chi connectivity index (χ1) is 8.69. The number of hydrogen-bond donors (Lipinski definition) is 1. The lowest BCUT2D eigenvalue weighted by atomic mass is 10.3. The van der Waals surface area contributed by atoms with Crippen LogP contribution in [-0.2, 0) is 12.3 Å². The van der Waals surface area contributed by atoms with E-state index in [0.717, 1.165) is 23.3 Å². The van der Waals surface area contributed by atoms with E-state index in [1.165, 1.54) is 12.1 Å². The molecule has 1 aromatic carbocycles. The Kier molecular flexibility index (Phi) is 4.25. The van der Waals surface area contributed by atoms with Gasteiger partial charge < -0.3 is 9.73 Å². The van der Waals surface area contributed by atoms with E-state index < -0.39 is 11.6 Å². The Hall–Kier alpha value is -1.49. The Morgan fingerprint density at radius 3 is 2.67 bits per heavy atom. The fraction of sp³-hybridized carbons (Fsp3) is 0.231. The molecule has 2 rings (SSSR count). The predicted molar refractivity (Wildman–Crippen MR) is 69.6 cm³/mol. The van der Waals surface area contributed by atoms with Crippen LogP contribution in [0.3, 0.4) is 0 Å². The van der Waals surface area contributed by atoms with Gasteiger partial charge in [0.25, 0.3) is 0 Å². The number of furan rings is 1. The molecule has 0 spiro atoms. The molecule has 0 saturated carbocycles. The Bertz CT molecular complexity index is 527. The molecule has 18 heavy (non-hydrogen) atoms. The van der Waals surface area contributed by atoms with Crippen molar-refractivity contribution in [3.05, 3.63) is 53.5 Å². The number of anilines is 1. The summed E-state index contributed by atoms with van der Waals surface area (Å²) in [5.41, 5.74) is 0.263. The van der Waals surface area contributed by atoms with Crippen molar-refractivity contribution < 1.29 is 13.2 Å². The third-order valence-electron chi connectivity index (χ3n) is 2.39. The summed E-state index contributed by atoms with van der Waals surface area (Å²) >= 11 is 1.67. The van der Waals surface area contributed by atoms with Gasteiger partial charge in [0, 0.05) is 6.07 Å². The maximum absolute atomic E-state index is 13.3. The van der Waals surface area contributed by atoms with Crippen LogP contribution in [0.5, 0.6) is 0 Å². The third-order valence-corrected chi connectivity index (χ3v) is 2.96. The highest BCUT2D eigenvalue weighted by molar-refractivity contribution is 7.97. The van der Waals surface area contributed by atoms with Crippen LogP contribution in [-0.4, -0.2) is 6.26 Å². The number of halogens is 2. The molecular weight excluding hydrogens is 256 g/mol. The average Bonchev–Trinajstić information content (AvgIpc) is 2.76. The molecule has 0 fully saturated rings. The summed E-state index contributed by atoms with van der Waals surface area (Å²) in [5.74, 6) is 1.23. The second-order valence-electron chi connectivity index (χ2n) is 3.78. The number of nitrogens with one attached hydrogen (secondary N) is 1. The molecular formula is C13H13F2NOS. The Balaban J connectivity index is 1.97. The van der Waals surface area contributed by atoms with Crippen molar-refractivity contribution in [2.45, 2.75) is 12.3 Å². The molecule has 96 valence electrons. The van der Waals surface area contributed by atoms with E-state index in [2.05, 4.69) is 5.32 Å². The summed E-state index contributed by atoms with van der Waals surface area (Å²) in [6.07, 6.45) is 1.99. The molecule has 0 radical (unpaired) electrons. The second-order valence-corrected chi connectivity index (χ2v) is 4.64. The average molecular weight is 269 g/mol. The summed E-state index contributed by atoms with van der Waals surface area (Å²) in [5, 5.41) is 2.87. The van der Waals surface area contributed by atoms with Crippen molar-refractivity contribution in [2.24, 2.45) is 0 Å². The van der Waals surface area contributed by atoms with Crippen LogP contribution in [0.15, 0.2) is 34.7 Å². The first-order valence-electron chi connectivity index (χ1n) is 5.44. The highest BCUT2D eigenvalue weighted by Gasteiger charge is 2.05. The van der Waals surface area contributed by atoms with Crippen LogP contribution in [0.25, 0.3) is 0 Å². The van der Waals surface area contributed by atoms with Gasteiger partial charge in [-0.3, -0.25) is 0 Å². The Morgan fingerprint density at radius 2 is 1.94 bits per heavy atom. The summed E-state index contributed by atoms with van der Waals surface area (Å²) in [6.45, 7) is 0.372. The smallest absolute Gasteiger partial charge is 0.149 e. The molecule has 2 nitrogen and oxygen atoms in total. The Morgan fingerprint density at radius 1 is 1.17 bits per heavy atom. The van der Waals surface area contributed by atoms with Gasteiger partial charge in [-0.25, -0.2) is 8.78 Å². The van der Waals surface area contributed by atoms with Crippen molar-refractivity contribution in [1.29, 1.82) is 0 Å². The van der Waals surface area contributed by atoms with Gasteiger partial charge in [-0.2, -0.15) is 11.8 Å². The molecule has 1 aromatic heterocycles. The fourth-order valence-electron chi connectivity index (χ4n) is 1.55. The molecule has 0 aliphatic rings. The molecule has 0 unspecified atom stereocenters. The van der Waals surface area contributed by atoms with Gasteiger partial charge in [0.1, 0.15) is 23.2 Å². The van der Waals surface area contributed by atoms with Gasteiger partial charge >= 0.3 is 0 Å². The monoisotopic (exact) mass is 269 g/mol. The van der Waals surface area contributed by atoms with Crippen LogP contribution >= 0.6 is 11.8 Å². The van der Waals surface area contributed by atoms with Crippen molar-refractivity contribution >= 4 is 17.4 Å². The fourth-order valence-corrected chi connectivity index (χ4v) is 1.99. The number of benzene rings is 1. The van der Waals surface area contributed by atoms with Gasteiger partial charge in [0.05, 0.1) is 18.0 Å². The molecule has 2 aromatic rings. The largest absolute Gasteiger partial charge is 0.463 e. The van der Waals surface area contributed by atoms with E-state index in [4.69, 9.17) is 4.42 Å². The minimum atomic E-state index is -0.606. The van der Waals surface area contributed by atoms with Gasteiger partial charge in [0.15, 0.2) is 0 Å². The molecule has 0 aliphatic heterocycles. The van der Waals surface area contributed by atoms with E-state index in [9.17, 15) is 8.78 Å². The van der Waals surface area contributed by atoms with E-state index in [-0.39, 0.29) is 5.69 Å². The van der Waals surface area contributed by atoms with Crippen molar-refractivity contribution in [3.63, 3.8) is 0 Å². The zero-order chi connectivity index (χ0) is 13.0. The van der Waals surface area contributed by atoms with Gasteiger partial charge in [-0.15, -0.1) is 0 Å². The molecule has 0 amide bonds. The molecule has 0 saturated heterocycles. The lowest BCUT2D eigenvalue weighted by Crippen LogP contribution is -2.00. The van der Waals surface area contributed by atoms with Crippen LogP contribution in [0.2, 0.25) is 0 Å². The quantitative estimate of drug-likeness (QED) is 0.887. The van der Waals surface area contributed by atoms with Crippen molar-refractivity contribution in [2.75, 3.05) is 11.6 Å². The van der Waals surface area contributed by atoms with Gasteiger partial charge in [-0.05, 0) is 30.5 Å². The summed E-state index contributed by atoms with van der Waals surface area (Å²) in [4.78, 5) is 0. The number of rotatable bonds is 5. The number of hydrogen-bond acceptors (Lipinski definition) is 3. The predicted octanol–water partition coefficient (Wildman–Crippen LogP) is 4.03. The topological polar surface area (TPSA) is 25.2 Å². The van der Waals surface area contributed by atoms with Crippen molar-refractivity contribution in [1.82, 2.24) is 0 Å². The zero-order valence-corrected chi connectivity index (χ0v) is 10.7. The maximum atomic E-state index is 13.3. The normalized spacial score (nSPS) is 10.6. The SMILES string of the molecule is CSCc1ccc(CNc2ccc(F)cc2F)o1. The third kappa shape index (κ3) is 3.26. The minimum absolute atomic E-state index is 0.263. The lowest BCUT2D eigenvalue weighted by Gasteiger charge is -2.05. The molecule has 1 N–H and O–H groups in total. The molecule has 0 aliphatic carbocycles. The van der Waals surface area contributed by atoms with Crippen LogP contribution in [0.1, 0.15) is 11.5 Å². The van der Waals surface area contributed by atoms with E-state index in [1.54, 1.807) is 11.8 Å². The molecule has 0 atom stereocenters. The summed E-state index contributed by atoms with van der Waals surface area (Å²) < 4.78 is 31.6. The van der Waals surface area contributed by atoms with Gasteiger partial charge in [0.2, 0.25) is 0 Å². The summed E-state index contributed by atoms with van der Waals surface area (Å²) in [7, 11) is 0. The number of thioether (sulfide) groups is 1. The molecule has 5 heteroatoms. The lowest BCUT2D eigenvalue weighted by molar-refractivity contribution is 0.487. The van der Waals surface area contributed by atoms with E-state index >= 15 is 0 Å². The standard InChI is InChI=1S/C13H13F2NOS/c1-18-8-11-4-3-10(17-11)7-16-13-5-2-9(14)6-12(13)15/h2-6,16H,7-8H2,1H3. The highest BCUT2D eigenvalue weighted by Crippen LogP contribution is 2.18. The van der Waals surface area contributed by atoms with E-state index in [1.807, 2.05) is 18.4 Å². The van der Waals surface area contributed by atoms with Crippen molar-refractivity contribution in [3.8, 4) is 0 Å². The molecule has 0 bridgehead atoms. The highest BCUT2D eigenvalue weighted by atomic mass is 32.2.